The lowest BCUT2D eigenvalue weighted by atomic mass is 10.1. The Morgan fingerprint density at radius 1 is 1.21 bits per heavy atom. The maximum atomic E-state index is 13.3. The summed E-state index contributed by atoms with van der Waals surface area (Å²) >= 11 is 0. The minimum atomic E-state index is -0.745. The van der Waals surface area contributed by atoms with E-state index in [2.05, 4.69) is 10.4 Å². The molecule has 1 atom stereocenters. The number of aryl methyl sites for hydroxylation is 1. The normalized spacial score (nSPS) is 15.4. The molecule has 0 saturated carbocycles. The Bertz CT molecular complexity index is 1270. The third kappa shape index (κ3) is 5.04. The van der Waals surface area contributed by atoms with Gasteiger partial charge in [-0.2, -0.15) is 9.78 Å². The highest BCUT2D eigenvalue weighted by molar-refractivity contribution is 5.91. The van der Waals surface area contributed by atoms with Crippen molar-refractivity contribution in [3.63, 3.8) is 0 Å². The molecule has 9 nitrogen and oxygen atoms in total. The Hall–Kier alpha value is -3.72. The Kier molecular flexibility index (Phi) is 6.69. The van der Waals surface area contributed by atoms with Gasteiger partial charge in [0.05, 0.1) is 25.4 Å². The molecule has 2 aromatic carbocycles. The number of nitrogens with one attached hydrogen (secondary N) is 1. The van der Waals surface area contributed by atoms with Crippen LogP contribution in [-0.4, -0.2) is 46.6 Å². The number of ether oxygens (including phenoxy) is 2. The van der Waals surface area contributed by atoms with Gasteiger partial charge in [-0.25, -0.2) is 4.79 Å². The summed E-state index contributed by atoms with van der Waals surface area (Å²) in [4.78, 5) is 39.4. The molecule has 1 amide bonds. The Morgan fingerprint density at radius 2 is 2.03 bits per heavy atom. The molecule has 1 fully saturated rings. The third-order valence-electron chi connectivity index (χ3n) is 5.51. The Balaban J connectivity index is 1.78. The number of amides is 1. The zero-order valence-corrected chi connectivity index (χ0v) is 18.6. The fraction of sp³-hybridized carbons (Fsp3) is 0.333. The van der Waals surface area contributed by atoms with E-state index in [1.54, 1.807) is 24.3 Å². The summed E-state index contributed by atoms with van der Waals surface area (Å²) in [6, 6.07) is 14.2. The van der Waals surface area contributed by atoms with Gasteiger partial charge in [0.2, 0.25) is 5.69 Å². The summed E-state index contributed by atoms with van der Waals surface area (Å²) in [5.74, 6) is -0.132. The van der Waals surface area contributed by atoms with E-state index in [1.165, 1.54) is 7.11 Å². The first kappa shape index (κ1) is 22.5. The van der Waals surface area contributed by atoms with Crippen LogP contribution in [0.4, 0.5) is 0 Å². The highest BCUT2D eigenvalue weighted by Gasteiger charge is 2.23. The summed E-state index contributed by atoms with van der Waals surface area (Å²) in [6.45, 7) is 2.87. The van der Waals surface area contributed by atoms with Gasteiger partial charge in [0.15, 0.2) is 0 Å². The van der Waals surface area contributed by atoms with Gasteiger partial charge in [0, 0.05) is 19.2 Å². The fourth-order valence-electron chi connectivity index (χ4n) is 3.80. The van der Waals surface area contributed by atoms with Gasteiger partial charge in [0.25, 0.3) is 11.5 Å². The van der Waals surface area contributed by atoms with Crippen molar-refractivity contribution in [3.8, 4) is 11.4 Å². The molecule has 2 heterocycles. The minimum absolute atomic E-state index is 0.0118. The Labute approximate surface area is 190 Å². The monoisotopic (exact) mass is 450 g/mol. The Morgan fingerprint density at radius 3 is 2.76 bits per heavy atom. The van der Waals surface area contributed by atoms with E-state index < -0.39 is 17.2 Å². The molecule has 1 N–H and O–H groups in total. The van der Waals surface area contributed by atoms with Crippen molar-refractivity contribution in [2.24, 2.45) is 0 Å². The minimum Gasteiger partial charge on any atom is -0.497 e. The van der Waals surface area contributed by atoms with Crippen molar-refractivity contribution < 1.29 is 14.3 Å². The van der Waals surface area contributed by atoms with E-state index in [1.807, 2.05) is 31.2 Å². The van der Waals surface area contributed by atoms with Crippen LogP contribution in [0.5, 0.6) is 5.75 Å². The summed E-state index contributed by atoms with van der Waals surface area (Å²) in [6.07, 6.45) is 1.69. The molecule has 1 unspecified atom stereocenters. The van der Waals surface area contributed by atoms with E-state index in [0.717, 1.165) is 33.2 Å². The molecular weight excluding hydrogens is 424 g/mol. The van der Waals surface area contributed by atoms with E-state index in [0.29, 0.717) is 18.0 Å². The van der Waals surface area contributed by atoms with Crippen molar-refractivity contribution in [2.75, 3.05) is 20.3 Å². The van der Waals surface area contributed by atoms with Gasteiger partial charge in [-0.05, 0) is 37.5 Å². The molecule has 3 aromatic rings. The van der Waals surface area contributed by atoms with Crippen LogP contribution in [0.15, 0.2) is 58.1 Å². The van der Waals surface area contributed by atoms with Crippen LogP contribution in [0.3, 0.4) is 0 Å². The molecule has 0 aliphatic carbocycles. The van der Waals surface area contributed by atoms with Crippen LogP contribution in [0.1, 0.15) is 34.5 Å². The quantitative estimate of drug-likeness (QED) is 0.587. The molecule has 33 heavy (non-hydrogen) atoms. The third-order valence-corrected chi connectivity index (χ3v) is 5.51. The highest BCUT2D eigenvalue weighted by Crippen LogP contribution is 2.15. The molecule has 1 aliphatic rings. The second-order valence-corrected chi connectivity index (χ2v) is 7.97. The SMILES string of the molecule is COc1cccc(-n2nc(C(=O)NCC3CCCO3)c(=O)n(Cc3cccc(C)c3)c2=O)c1. The highest BCUT2D eigenvalue weighted by atomic mass is 16.5. The summed E-state index contributed by atoms with van der Waals surface area (Å²) in [7, 11) is 1.51. The van der Waals surface area contributed by atoms with Crippen LogP contribution < -0.4 is 21.3 Å². The lowest BCUT2D eigenvalue weighted by Crippen LogP contribution is -2.46. The number of benzene rings is 2. The first-order valence-corrected chi connectivity index (χ1v) is 10.8. The molecular formula is C24H26N4O5. The van der Waals surface area contributed by atoms with Crippen LogP contribution in [0, 0.1) is 6.92 Å². The first-order chi connectivity index (χ1) is 16.0. The zero-order valence-electron chi connectivity index (χ0n) is 18.6. The molecule has 0 bridgehead atoms. The zero-order chi connectivity index (χ0) is 23.4. The predicted octanol–water partition coefficient (Wildman–Crippen LogP) is 1.67. The number of hydrogen-bond donors (Lipinski definition) is 1. The summed E-state index contributed by atoms with van der Waals surface area (Å²) in [5.41, 5.74) is 0.394. The average Bonchev–Trinajstić information content (AvgIpc) is 3.34. The molecule has 172 valence electrons. The van der Waals surface area contributed by atoms with E-state index >= 15 is 0 Å². The fourth-order valence-corrected chi connectivity index (χ4v) is 3.80. The maximum absolute atomic E-state index is 13.3. The molecule has 1 aromatic heterocycles. The van der Waals surface area contributed by atoms with Gasteiger partial charge >= 0.3 is 5.69 Å². The summed E-state index contributed by atoms with van der Waals surface area (Å²) in [5, 5.41) is 6.87. The predicted molar refractivity (Wildman–Crippen MR) is 122 cm³/mol. The number of carbonyl (C=O) groups excluding carboxylic acids is 1. The first-order valence-electron chi connectivity index (χ1n) is 10.8. The second kappa shape index (κ2) is 9.83. The van der Waals surface area contributed by atoms with Crippen molar-refractivity contribution >= 4 is 5.91 Å². The van der Waals surface area contributed by atoms with Gasteiger partial charge in [-0.1, -0.05) is 35.9 Å². The molecule has 9 heteroatoms. The van der Waals surface area contributed by atoms with Gasteiger partial charge in [-0.3, -0.25) is 14.2 Å². The number of aromatic nitrogens is 3. The number of nitrogens with zero attached hydrogens (tertiary/aromatic N) is 3. The molecule has 1 saturated heterocycles. The molecule has 4 rings (SSSR count). The van der Waals surface area contributed by atoms with Crippen molar-refractivity contribution in [3.05, 3.63) is 86.2 Å². The van der Waals surface area contributed by atoms with Crippen LogP contribution >= 0.6 is 0 Å². The number of carbonyl (C=O) groups is 1. The van der Waals surface area contributed by atoms with Crippen molar-refractivity contribution in [1.82, 2.24) is 19.7 Å². The average molecular weight is 450 g/mol. The standard InChI is InChI=1S/C24H26N4O5/c1-16-6-3-7-17(12-16)15-27-23(30)21(22(29)25-14-20-10-5-11-33-20)26-28(24(27)31)18-8-4-9-19(13-18)32-2/h3-4,6-9,12-13,20H,5,10-11,14-15H2,1-2H3,(H,25,29). The van der Waals surface area contributed by atoms with E-state index in [-0.39, 0.29) is 24.9 Å². The summed E-state index contributed by atoms with van der Waals surface area (Å²) < 4.78 is 12.9. The van der Waals surface area contributed by atoms with Crippen LogP contribution in [-0.2, 0) is 11.3 Å². The topological polar surface area (TPSA) is 104 Å². The van der Waals surface area contributed by atoms with E-state index in [4.69, 9.17) is 9.47 Å². The van der Waals surface area contributed by atoms with E-state index in [9.17, 15) is 14.4 Å². The molecule has 0 spiro atoms. The van der Waals surface area contributed by atoms with Crippen molar-refractivity contribution in [2.45, 2.75) is 32.4 Å². The largest absolute Gasteiger partial charge is 0.497 e. The van der Waals surface area contributed by atoms with Gasteiger partial charge in [-0.15, -0.1) is 0 Å². The maximum Gasteiger partial charge on any atom is 0.352 e. The van der Waals surface area contributed by atoms with Gasteiger partial charge < -0.3 is 14.8 Å². The van der Waals surface area contributed by atoms with Gasteiger partial charge in [0.1, 0.15) is 5.75 Å². The van der Waals surface area contributed by atoms with Crippen LogP contribution in [0.25, 0.3) is 5.69 Å². The lowest BCUT2D eigenvalue weighted by Gasteiger charge is -2.14. The second-order valence-electron chi connectivity index (χ2n) is 7.97. The van der Waals surface area contributed by atoms with Crippen molar-refractivity contribution in [1.29, 1.82) is 0 Å². The van der Waals surface area contributed by atoms with Crippen LogP contribution in [0.2, 0.25) is 0 Å². The number of hydrogen-bond acceptors (Lipinski definition) is 6. The number of methoxy groups -OCH3 is 1. The molecule has 1 aliphatic heterocycles. The molecule has 0 radical (unpaired) electrons. The lowest BCUT2D eigenvalue weighted by molar-refractivity contribution is 0.0849. The smallest absolute Gasteiger partial charge is 0.352 e. The number of rotatable bonds is 7.